The van der Waals surface area contributed by atoms with Gasteiger partial charge in [0.2, 0.25) is 5.91 Å². The summed E-state index contributed by atoms with van der Waals surface area (Å²) >= 11 is 0. The Morgan fingerprint density at radius 2 is 2.44 bits per heavy atom. The van der Waals surface area contributed by atoms with Gasteiger partial charge in [0.1, 0.15) is 0 Å². The molecule has 16 heavy (non-hydrogen) atoms. The van der Waals surface area contributed by atoms with Crippen LogP contribution in [0.5, 0.6) is 0 Å². The normalized spacial score (nSPS) is 15.9. The van der Waals surface area contributed by atoms with Crippen LogP contribution in [0.25, 0.3) is 0 Å². The maximum absolute atomic E-state index is 11.1. The van der Waals surface area contributed by atoms with Gasteiger partial charge >= 0.3 is 0 Å². The second-order valence-electron chi connectivity index (χ2n) is 4.89. The molecule has 1 aromatic rings. The van der Waals surface area contributed by atoms with Gasteiger partial charge in [-0.1, -0.05) is 0 Å². The zero-order chi connectivity index (χ0) is 11.8. The first-order chi connectivity index (χ1) is 7.50. The van der Waals surface area contributed by atoms with E-state index in [0.29, 0.717) is 6.42 Å². The number of nitrogens with one attached hydrogen (secondary N) is 1. The second kappa shape index (κ2) is 3.90. The van der Waals surface area contributed by atoms with Crippen LogP contribution in [0.2, 0.25) is 0 Å². The quantitative estimate of drug-likeness (QED) is 0.764. The summed E-state index contributed by atoms with van der Waals surface area (Å²) in [6.45, 7) is 5.81. The van der Waals surface area contributed by atoms with Crippen molar-refractivity contribution >= 4 is 5.91 Å². The van der Waals surface area contributed by atoms with Crippen molar-refractivity contribution in [2.75, 3.05) is 6.54 Å². The maximum Gasteiger partial charge on any atom is 0.219 e. The molecular weight excluding hydrogens is 204 g/mol. The van der Waals surface area contributed by atoms with Gasteiger partial charge in [0.15, 0.2) is 0 Å². The lowest BCUT2D eigenvalue weighted by Gasteiger charge is -2.28. The Balaban J connectivity index is 2.32. The number of nitrogens with two attached hydrogens (primary N) is 1. The maximum atomic E-state index is 11.1. The molecule has 1 amide bonds. The van der Waals surface area contributed by atoms with Crippen LogP contribution in [0.15, 0.2) is 6.33 Å². The number of fused-ring (bicyclic) bond motifs is 1. The van der Waals surface area contributed by atoms with Crippen LogP contribution in [0.1, 0.15) is 31.7 Å². The van der Waals surface area contributed by atoms with Crippen LogP contribution in [0, 0.1) is 0 Å². The van der Waals surface area contributed by atoms with E-state index in [4.69, 9.17) is 5.73 Å². The monoisotopic (exact) mass is 222 g/mol. The van der Waals surface area contributed by atoms with Gasteiger partial charge in [-0.25, -0.2) is 4.98 Å². The van der Waals surface area contributed by atoms with E-state index >= 15 is 0 Å². The van der Waals surface area contributed by atoms with Gasteiger partial charge in [-0.15, -0.1) is 0 Å². The highest BCUT2D eigenvalue weighted by molar-refractivity contribution is 5.74. The molecule has 0 aliphatic carbocycles. The lowest BCUT2D eigenvalue weighted by Crippen LogP contribution is -2.35. The van der Waals surface area contributed by atoms with Crippen molar-refractivity contribution < 1.29 is 4.79 Å². The molecule has 0 saturated heterocycles. The standard InChI is InChI=1S/C11H18N4O/c1-11(2,5-10(12)16)15-7-14-8-6-13-4-3-9(8)15/h7,13H,3-6H2,1-2H3,(H2,12,16). The Kier molecular flexibility index (Phi) is 2.71. The predicted molar refractivity (Wildman–Crippen MR) is 60.8 cm³/mol. The van der Waals surface area contributed by atoms with Crippen LogP contribution in [0.3, 0.4) is 0 Å². The Morgan fingerprint density at radius 3 is 3.12 bits per heavy atom. The van der Waals surface area contributed by atoms with Gasteiger partial charge in [0.05, 0.1) is 12.0 Å². The molecule has 0 saturated carbocycles. The average Bonchev–Trinajstić information content (AvgIpc) is 2.59. The van der Waals surface area contributed by atoms with E-state index in [1.807, 2.05) is 20.2 Å². The third-order valence-corrected chi connectivity index (χ3v) is 3.04. The number of amides is 1. The number of carbonyl (C=O) groups is 1. The fraction of sp³-hybridized carbons (Fsp3) is 0.636. The highest BCUT2D eigenvalue weighted by atomic mass is 16.1. The topological polar surface area (TPSA) is 72.9 Å². The van der Waals surface area contributed by atoms with Gasteiger partial charge < -0.3 is 15.6 Å². The average molecular weight is 222 g/mol. The van der Waals surface area contributed by atoms with E-state index in [1.165, 1.54) is 5.69 Å². The van der Waals surface area contributed by atoms with E-state index in [0.717, 1.165) is 25.2 Å². The van der Waals surface area contributed by atoms with Crippen molar-refractivity contribution in [3.05, 3.63) is 17.7 Å². The molecule has 2 rings (SSSR count). The predicted octanol–water partition coefficient (Wildman–Crippen LogP) is 0.139. The number of primary amides is 1. The fourth-order valence-corrected chi connectivity index (χ4v) is 2.27. The minimum Gasteiger partial charge on any atom is -0.370 e. The van der Waals surface area contributed by atoms with Crippen molar-refractivity contribution in [3.63, 3.8) is 0 Å². The molecule has 0 bridgehead atoms. The molecule has 0 radical (unpaired) electrons. The van der Waals surface area contributed by atoms with Gasteiger partial charge in [-0.3, -0.25) is 4.79 Å². The molecule has 0 fully saturated rings. The Labute approximate surface area is 95.0 Å². The number of rotatable bonds is 3. The number of hydrogen-bond acceptors (Lipinski definition) is 3. The number of hydrogen-bond donors (Lipinski definition) is 2. The lowest BCUT2D eigenvalue weighted by atomic mass is 9.98. The molecule has 0 atom stereocenters. The first-order valence-electron chi connectivity index (χ1n) is 5.55. The molecule has 3 N–H and O–H groups in total. The zero-order valence-corrected chi connectivity index (χ0v) is 9.79. The number of imidazole rings is 1. The molecule has 0 spiro atoms. The van der Waals surface area contributed by atoms with Crippen LogP contribution in [0.4, 0.5) is 0 Å². The van der Waals surface area contributed by atoms with E-state index in [-0.39, 0.29) is 11.4 Å². The van der Waals surface area contributed by atoms with Crippen molar-refractivity contribution in [1.82, 2.24) is 14.9 Å². The largest absolute Gasteiger partial charge is 0.370 e. The van der Waals surface area contributed by atoms with Gasteiger partial charge in [-0.05, 0) is 13.8 Å². The van der Waals surface area contributed by atoms with Gasteiger partial charge in [0, 0.05) is 37.2 Å². The molecule has 1 aliphatic rings. The molecule has 5 heteroatoms. The molecule has 5 nitrogen and oxygen atoms in total. The second-order valence-corrected chi connectivity index (χ2v) is 4.89. The van der Waals surface area contributed by atoms with E-state index < -0.39 is 0 Å². The minimum absolute atomic E-state index is 0.276. The summed E-state index contributed by atoms with van der Waals surface area (Å²) < 4.78 is 2.09. The molecule has 0 aromatic carbocycles. The molecule has 0 unspecified atom stereocenters. The number of nitrogens with zero attached hydrogens (tertiary/aromatic N) is 2. The minimum atomic E-state index is -0.288. The number of aromatic nitrogens is 2. The van der Waals surface area contributed by atoms with Crippen molar-refractivity contribution in [3.8, 4) is 0 Å². The summed E-state index contributed by atoms with van der Waals surface area (Å²) in [6.07, 6.45) is 3.11. The third-order valence-electron chi connectivity index (χ3n) is 3.04. The van der Waals surface area contributed by atoms with Crippen LogP contribution < -0.4 is 11.1 Å². The smallest absolute Gasteiger partial charge is 0.219 e. The van der Waals surface area contributed by atoms with E-state index in [2.05, 4.69) is 14.9 Å². The van der Waals surface area contributed by atoms with Crippen LogP contribution >= 0.6 is 0 Å². The summed E-state index contributed by atoms with van der Waals surface area (Å²) in [5.41, 5.74) is 7.30. The molecule has 88 valence electrons. The summed E-state index contributed by atoms with van der Waals surface area (Å²) in [5, 5.41) is 3.28. The Hall–Kier alpha value is -1.36. The Morgan fingerprint density at radius 1 is 1.69 bits per heavy atom. The third kappa shape index (κ3) is 1.95. The van der Waals surface area contributed by atoms with Crippen molar-refractivity contribution in [1.29, 1.82) is 0 Å². The lowest BCUT2D eigenvalue weighted by molar-refractivity contribution is -0.119. The van der Waals surface area contributed by atoms with E-state index in [1.54, 1.807) is 0 Å². The summed E-state index contributed by atoms with van der Waals surface area (Å²) in [7, 11) is 0. The SMILES string of the molecule is CC(C)(CC(N)=O)n1cnc2c1CCNC2. The summed E-state index contributed by atoms with van der Waals surface area (Å²) in [5.74, 6) is -0.276. The van der Waals surface area contributed by atoms with Gasteiger partial charge in [-0.2, -0.15) is 0 Å². The Bertz CT molecular complexity index is 408. The molecule has 2 heterocycles. The highest BCUT2D eigenvalue weighted by Gasteiger charge is 2.27. The first-order valence-corrected chi connectivity index (χ1v) is 5.55. The first kappa shape index (κ1) is 11.1. The zero-order valence-electron chi connectivity index (χ0n) is 9.79. The summed E-state index contributed by atoms with van der Waals surface area (Å²) in [6, 6.07) is 0. The van der Waals surface area contributed by atoms with Crippen LogP contribution in [-0.2, 0) is 23.3 Å². The molecule has 1 aromatic heterocycles. The van der Waals surface area contributed by atoms with Gasteiger partial charge in [0.25, 0.3) is 0 Å². The summed E-state index contributed by atoms with van der Waals surface area (Å²) in [4.78, 5) is 15.4. The van der Waals surface area contributed by atoms with Crippen molar-refractivity contribution in [2.45, 2.75) is 38.8 Å². The molecule has 1 aliphatic heterocycles. The van der Waals surface area contributed by atoms with E-state index in [9.17, 15) is 4.79 Å². The number of carbonyl (C=O) groups excluding carboxylic acids is 1. The fourth-order valence-electron chi connectivity index (χ4n) is 2.27. The molecular formula is C11H18N4O. The highest BCUT2D eigenvalue weighted by Crippen LogP contribution is 2.24. The van der Waals surface area contributed by atoms with Crippen molar-refractivity contribution in [2.24, 2.45) is 5.73 Å². The van der Waals surface area contributed by atoms with Crippen LogP contribution in [-0.4, -0.2) is 22.0 Å².